The third-order valence-corrected chi connectivity index (χ3v) is 2.61. The minimum atomic E-state index is -0.741. The van der Waals surface area contributed by atoms with Crippen LogP contribution in [0.25, 0.3) is 0 Å². The molecule has 19 heavy (non-hydrogen) atoms. The van der Waals surface area contributed by atoms with Crippen LogP contribution in [0.4, 0.5) is 20.2 Å². The molecule has 0 heterocycles. The lowest BCUT2D eigenvalue weighted by atomic mass is 10.1. The summed E-state index contributed by atoms with van der Waals surface area (Å²) in [6, 6.07) is 7.93. The molecule has 2 rings (SSSR count). The van der Waals surface area contributed by atoms with E-state index in [2.05, 4.69) is 5.32 Å². The molecule has 0 atom stereocenters. The topological polar surface area (TPSA) is 55.1 Å². The van der Waals surface area contributed by atoms with Crippen molar-refractivity contribution in [2.24, 2.45) is 0 Å². The number of nitrogens with one attached hydrogen (secondary N) is 1. The SMILES string of the molecule is Cc1ccc(F)c(NC(=O)c2cc(N)ccc2F)c1. The molecule has 2 aromatic carbocycles. The Morgan fingerprint density at radius 2 is 1.79 bits per heavy atom. The molecule has 2 aromatic rings. The van der Waals surface area contributed by atoms with Crippen LogP contribution in [0, 0.1) is 18.6 Å². The molecule has 0 radical (unpaired) electrons. The fourth-order valence-electron chi connectivity index (χ4n) is 1.64. The summed E-state index contributed by atoms with van der Waals surface area (Å²) in [7, 11) is 0. The van der Waals surface area contributed by atoms with Crippen molar-refractivity contribution in [1.82, 2.24) is 0 Å². The van der Waals surface area contributed by atoms with Crippen molar-refractivity contribution in [1.29, 1.82) is 0 Å². The number of nitrogens with two attached hydrogens (primary N) is 1. The van der Waals surface area contributed by atoms with E-state index in [4.69, 9.17) is 5.73 Å². The zero-order valence-electron chi connectivity index (χ0n) is 10.2. The lowest BCUT2D eigenvalue weighted by Gasteiger charge is -2.08. The average Bonchev–Trinajstić information content (AvgIpc) is 2.36. The number of rotatable bonds is 2. The van der Waals surface area contributed by atoms with Gasteiger partial charge in [-0.15, -0.1) is 0 Å². The number of anilines is 2. The van der Waals surface area contributed by atoms with Gasteiger partial charge in [0.1, 0.15) is 11.6 Å². The molecule has 0 spiro atoms. The molecular formula is C14H12F2N2O. The van der Waals surface area contributed by atoms with Gasteiger partial charge in [-0.2, -0.15) is 0 Å². The van der Waals surface area contributed by atoms with Gasteiger partial charge in [0, 0.05) is 5.69 Å². The van der Waals surface area contributed by atoms with E-state index in [0.717, 1.165) is 11.6 Å². The molecule has 0 saturated carbocycles. The highest BCUT2D eigenvalue weighted by Crippen LogP contribution is 2.18. The van der Waals surface area contributed by atoms with Crippen LogP contribution >= 0.6 is 0 Å². The maximum atomic E-state index is 13.5. The minimum absolute atomic E-state index is 0.00632. The van der Waals surface area contributed by atoms with Gasteiger partial charge in [0.2, 0.25) is 0 Å². The maximum absolute atomic E-state index is 13.5. The highest BCUT2D eigenvalue weighted by molar-refractivity contribution is 6.05. The largest absolute Gasteiger partial charge is 0.399 e. The van der Waals surface area contributed by atoms with Gasteiger partial charge in [-0.1, -0.05) is 6.07 Å². The Labute approximate surface area is 109 Å². The number of nitrogen functional groups attached to an aromatic ring is 1. The van der Waals surface area contributed by atoms with Crippen LogP contribution in [0.3, 0.4) is 0 Å². The Morgan fingerprint density at radius 3 is 2.53 bits per heavy atom. The predicted molar refractivity (Wildman–Crippen MR) is 69.9 cm³/mol. The molecule has 3 N–H and O–H groups in total. The highest BCUT2D eigenvalue weighted by atomic mass is 19.1. The number of halogens is 2. The molecule has 3 nitrogen and oxygen atoms in total. The van der Waals surface area contributed by atoms with Crippen LogP contribution in [-0.4, -0.2) is 5.91 Å². The number of benzene rings is 2. The summed E-state index contributed by atoms with van der Waals surface area (Å²) in [4.78, 5) is 11.9. The Balaban J connectivity index is 2.30. The molecule has 1 amide bonds. The summed E-state index contributed by atoms with van der Waals surface area (Å²) in [6.45, 7) is 1.76. The fraction of sp³-hybridized carbons (Fsp3) is 0.0714. The number of amides is 1. The molecule has 5 heteroatoms. The van der Waals surface area contributed by atoms with E-state index in [0.29, 0.717) is 0 Å². The van der Waals surface area contributed by atoms with Crippen LogP contribution in [0.1, 0.15) is 15.9 Å². The van der Waals surface area contributed by atoms with Crippen LogP contribution in [-0.2, 0) is 0 Å². The van der Waals surface area contributed by atoms with Gasteiger partial charge in [0.25, 0.3) is 5.91 Å². The van der Waals surface area contributed by atoms with E-state index in [1.54, 1.807) is 13.0 Å². The van der Waals surface area contributed by atoms with E-state index in [9.17, 15) is 13.6 Å². The zero-order valence-corrected chi connectivity index (χ0v) is 10.2. The van der Waals surface area contributed by atoms with Crippen molar-refractivity contribution < 1.29 is 13.6 Å². The van der Waals surface area contributed by atoms with Crippen LogP contribution in [0.15, 0.2) is 36.4 Å². The second-order valence-corrected chi connectivity index (χ2v) is 4.18. The molecule has 0 aliphatic heterocycles. The standard InChI is InChI=1S/C14H12F2N2O/c1-8-2-4-12(16)13(6-8)18-14(19)10-7-9(17)3-5-11(10)15/h2-7H,17H2,1H3,(H,18,19). The van der Waals surface area contributed by atoms with Crippen LogP contribution in [0.5, 0.6) is 0 Å². The van der Waals surface area contributed by atoms with Crippen molar-refractivity contribution in [3.63, 3.8) is 0 Å². The van der Waals surface area contributed by atoms with Gasteiger partial charge < -0.3 is 11.1 Å². The molecular weight excluding hydrogens is 250 g/mol. The second kappa shape index (κ2) is 5.06. The third kappa shape index (κ3) is 2.88. The number of aryl methyl sites for hydroxylation is 1. The van der Waals surface area contributed by atoms with Crippen molar-refractivity contribution in [2.75, 3.05) is 11.1 Å². The number of hydrogen-bond acceptors (Lipinski definition) is 2. The lowest BCUT2D eigenvalue weighted by Crippen LogP contribution is -2.15. The summed E-state index contributed by atoms with van der Waals surface area (Å²) in [5.74, 6) is -2.03. The van der Waals surface area contributed by atoms with E-state index in [-0.39, 0.29) is 16.9 Å². The van der Waals surface area contributed by atoms with Gasteiger partial charge in [-0.05, 0) is 42.8 Å². The quantitative estimate of drug-likeness (QED) is 0.817. The first-order chi connectivity index (χ1) is 8.97. The molecule has 98 valence electrons. The maximum Gasteiger partial charge on any atom is 0.258 e. The summed E-state index contributed by atoms with van der Waals surface area (Å²) in [6.07, 6.45) is 0. The lowest BCUT2D eigenvalue weighted by molar-refractivity contribution is 0.102. The first kappa shape index (κ1) is 13.0. The summed E-state index contributed by atoms with van der Waals surface area (Å²) in [5.41, 5.74) is 6.32. The highest BCUT2D eigenvalue weighted by Gasteiger charge is 2.14. The van der Waals surface area contributed by atoms with Crippen molar-refractivity contribution in [3.8, 4) is 0 Å². The van der Waals surface area contributed by atoms with Crippen molar-refractivity contribution in [2.45, 2.75) is 6.92 Å². The van der Waals surface area contributed by atoms with E-state index in [1.165, 1.54) is 24.3 Å². The molecule has 0 fully saturated rings. The number of carbonyl (C=O) groups excluding carboxylic acids is 1. The zero-order chi connectivity index (χ0) is 14.0. The Morgan fingerprint density at radius 1 is 1.11 bits per heavy atom. The summed E-state index contributed by atoms with van der Waals surface area (Å²) >= 11 is 0. The van der Waals surface area contributed by atoms with Gasteiger partial charge in [-0.25, -0.2) is 8.78 Å². The summed E-state index contributed by atoms with van der Waals surface area (Å²) < 4.78 is 27.0. The Hall–Kier alpha value is -2.43. The fourth-order valence-corrected chi connectivity index (χ4v) is 1.64. The Bertz CT molecular complexity index is 641. The molecule has 0 aliphatic carbocycles. The monoisotopic (exact) mass is 262 g/mol. The number of carbonyl (C=O) groups is 1. The van der Waals surface area contributed by atoms with E-state index < -0.39 is 17.5 Å². The van der Waals surface area contributed by atoms with Gasteiger partial charge >= 0.3 is 0 Å². The Kier molecular flexibility index (Phi) is 3.46. The van der Waals surface area contributed by atoms with E-state index >= 15 is 0 Å². The molecule has 0 bridgehead atoms. The van der Waals surface area contributed by atoms with Crippen LogP contribution in [0.2, 0.25) is 0 Å². The minimum Gasteiger partial charge on any atom is -0.399 e. The summed E-state index contributed by atoms with van der Waals surface area (Å²) in [5, 5.41) is 2.33. The molecule has 0 unspecified atom stereocenters. The van der Waals surface area contributed by atoms with E-state index in [1.807, 2.05) is 0 Å². The predicted octanol–water partition coefficient (Wildman–Crippen LogP) is 3.11. The van der Waals surface area contributed by atoms with Gasteiger partial charge in [-0.3, -0.25) is 4.79 Å². The molecule has 0 saturated heterocycles. The third-order valence-electron chi connectivity index (χ3n) is 2.61. The van der Waals surface area contributed by atoms with Gasteiger partial charge in [0.15, 0.2) is 0 Å². The second-order valence-electron chi connectivity index (χ2n) is 4.18. The first-order valence-corrected chi connectivity index (χ1v) is 5.60. The van der Waals surface area contributed by atoms with Crippen LogP contribution < -0.4 is 11.1 Å². The van der Waals surface area contributed by atoms with Crippen molar-refractivity contribution >= 4 is 17.3 Å². The molecule has 0 aromatic heterocycles. The normalized spacial score (nSPS) is 10.3. The first-order valence-electron chi connectivity index (χ1n) is 5.60. The van der Waals surface area contributed by atoms with Gasteiger partial charge in [0.05, 0.1) is 11.3 Å². The number of hydrogen-bond donors (Lipinski definition) is 2. The molecule has 0 aliphatic rings. The smallest absolute Gasteiger partial charge is 0.258 e. The average molecular weight is 262 g/mol. The van der Waals surface area contributed by atoms with Crippen molar-refractivity contribution in [3.05, 3.63) is 59.2 Å².